The van der Waals surface area contributed by atoms with Crippen LogP contribution in [0.15, 0.2) is 24.3 Å². The van der Waals surface area contributed by atoms with Crippen LogP contribution in [0.4, 0.5) is 5.69 Å². The molecule has 25 heavy (non-hydrogen) atoms. The van der Waals surface area contributed by atoms with Gasteiger partial charge in [0.15, 0.2) is 15.9 Å². The van der Waals surface area contributed by atoms with E-state index in [9.17, 15) is 18.0 Å². The van der Waals surface area contributed by atoms with Gasteiger partial charge in [0.2, 0.25) is 0 Å². The second-order valence-electron chi connectivity index (χ2n) is 6.01. The fraction of sp³-hybridized carbons (Fsp3) is 0.529. The summed E-state index contributed by atoms with van der Waals surface area (Å²) in [5, 5.41) is 2.63. The molecule has 1 aromatic rings. The lowest BCUT2D eigenvalue weighted by molar-refractivity contribution is -0.150. The van der Waals surface area contributed by atoms with Gasteiger partial charge in [0, 0.05) is 10.9 Å². The van der Waals surface area contributed by atoms with E-state index in [0.29, 0.717) is 12.1 Å². The summed E-state index contributed by atoms with van der Waals surface area (Å²) >= 11 is 1.27. The van der Waals surface area contributed by atoms with Crippen molar-refractivity contribution in [1.82, 2.24) is 0 Å². The van der Waals surface area contributed by atoms with Crippen LogP contribution in [0.2, 0.25) is 0 Å². The molecule has 0 spiro atoms. The van der Waals surface area contributed by atoms with E-state index in [1.165, 1.54) is 24.2 Å². The summed E-state index contributed by atoms with van der Waals surface area (Å²) in [4.78, 5) is 23.9. The smallest absolute Gasteiger partial charge is 0.316 e. The molecule has 1 aliphatic heterocycles. The van der Waals surface area contributed by atoms with Crippen molar-refractivity contribution in [2.24, 2.45) is 0 Å². The van der Waals surface area contributed by atoms with E-state index in [4.69, 9.17) is 4.74 Å². The monoisotopic (exact) mass is 385 g/mol. The zero-order chi connectivity index (χ0) is 18.4. The molecule has 138 valence electrons. The van der Waals surface area contributed by atoms with Crippen molar-refractivity contribution in [1.29, 1.82) is 0 Å². The first kappa shape index (κ1) is 19.8. The highest BCUT2D eigenvalue weighted by atomic mass is 32.2. The van der Waals surface area contributed by atoms with Crippen molar-refractivity contribution >= 4 is 39.2 Å². The molecule has 0 aliphatic carbocycles. The van der Waals surface area contributed by atoms with Gasteiger partial charge in [0.1, 0.15) is 0 Å². The molecule has 1 N–H and O–H groups in total. The lowest BCUT2D eigenvalue weighted by Crippen LogP contribution is -2.30. The van der Waals surface area contributed by atoms with Crippen molar-refractivity contribution in [3.05, 3.63) is 29.8 Å². The summed E-state index contributed by atoms with van der Waals surface area (Å²) in [6.45, 7) is 3.56. The van der Waals surface area contributed by atoms with Gasteiger partial charge in [-0.3, -0.25) is 9.59 Å². The van der Waals surface area contributed by atoms with E-state index in [1.807, 2.05) is 31.2 Å². The molecule has 6 nitrogen and oxygen atoms in total. The number of esters is 1. The summed E-state index contributed by atoms with van der Waals surface area (Å²) in [6.07, 6.45) is 0.568. The van der Waals surface area contributed by atoms with Crippen LogP contribution in [0.1, 0.15) is 25.8 Å². The van der Waals surface area contributed by atoms with Crippen molar-refractivity contribution in [3.8, 4) is 0 Å². The third kappa shape index (κ3) is 6.36. The number of nitrogens with one attached hydrogen (secondary N) is 1. The van der Waals surface area contributed by atoms with Crippen molar-refractivity contribution in [2.75, 3.05) is 22.6 Å². The Morgan fingerprint density at radius 1 is 1.32 bits per heavy atom. The van der Waals surface area contributed by atoms with Crippen LogP contribution < -0.4 is 5.32 Å². The number of carbonyl (C=O) groups excluding carboxylic acids is 2. The van der Waals surface area contributed by atoms with Crippen LogP contribution in [0.25, 0.3) is 0 Å². The first-order valence-corrected chi connectivity index (χ1v) is 11.1. The van der Waals surface area contributed by atoms with E-state index in [0.717, 1.165) is 6.42 Å². The zero-order valence-electron chi connectivity index (χ0n) is 14.4. The molecule has 1 aliphatic rings. The van der Waals surface area contributed by atoms with E-state index >= 15 is 0 Å². The van der Waals surface area contributed by atoms with Crippen molar-refractivity contribution in [2.45, 2.75) is 38.0 Å². The highest BCUT2D eigenvalue weighted by Gasteiger charge is 2.29. The second-order valence-corrected chi connectivity index (χ2v) is 9.53. The normalized spacial score (nSPS) is 20.0. The highest BCUT2D eigenvalue weighted by Crippen LogP contribution is 2.24. The predicted molar refractivity (Wildman–Crippen MR) is 99.5 cm³/mol. The fourth-order valence-corrected chi connectivity index (χ4v) is 5.85. The Hall–Kier alpha value is -1.54. The van der Waals surface area contributed by atoms with E-state index in [-0.39, 0.29) is 22.5 Å². The summed E-state index contributed by atoms with van der Waals surface area (Å²) in [6, 6.07) is 7.47. The van der Waals surface area contributed by atoms with Crippen LogP contribution in [-0.4, -0.2) is 48.9 Å². The van der Waals surface area contributed by atoms with Crippen LogP contribution in [0.3, 0.4) is 0 Å². The molecular weight excluding hydrogens is 362 g/mol. The standard InChI is InChI=1S/C17H23NO5S2/c1-3-13-4-6-14(7-5-13)18-17(20)12(2)23-16(19)10-24-15-8-9-25(21,22)11-15/h4-7,12,15H,3,8-11H2,1-2H3,(H,18,20)/t12-,15+/m0/s1. The molecule has 0 saturated carbocycles. The van der Waals surface area contributed by atoms with Crippen molar-refractivity contribution < 1.29 is 22.7 Å². The van der Waals surface area contributed by atoms with E-state index in [1.54, 1.807) is 0 Å². The average Bonchev–Trinajstić information content (AvgIpc) is 2.92. The fourth-order valence-electron chi connectivity index (χ4n) is 2.43. The van der Waals surface area contributed by atoms with E-state index < -0.39 is 27.8 Å². The van der Waals surface area contributed by atoms with Gasteiger partial charge in [-0.15, -0.1) is 11.8 Å². The molecule has 0 bridgehead atoms. The molecule has 1 fully saturated rings. The van der Waals surface area contributed by atoms with Gasteiger partial charge < -0.3 is 10.1 Å². The second kappa shape index (κ2) is 8.71. The Bertz CT molecular complexity index is 715. The molecular formula is C17H23NO5S2. The third-order valence-electron chi connectivity index (χ3n) is 3.93. The number of ether oxygens (including phenoxy) is 1. The Morgan fingerprint density at radius 3 is 2.56 bits per heavy atom. The number of thioether (sulfide) groups is 1. The average molecular weight is 386 g/mol. The minimum atomic E-state index is -2.96. The Balaban J connectivity index is 1.74. The summed E-state index contributed by atoms with van der Waals surface area (Å²) in [5.74, 6) is -0.586. The maximum absolute atomic E-state index is 12.1. The topological polar surface area (TPSA) is 89.5 Å². The number of sulfone groups is 1. The van der Waals surface area contributed by atoms with Gasteiger partial charge in [-0.2, -0.15) is 0 Å². The lowest BCUT2D eigenvalue weighted by atomic mass is 10.1. The van der Waals surface area contributed by atoms with Crippen LogP contribution in [0.5, 0.6) is 0 Å². The maximum Gasteiger partial charge on any atom is 0.316 e. The molecule has 8 heteroatoms. The lowest BCUT2D eigenvalue weighted by Gasteiger charge is -2.14. The highest BCUT2D eigenvalue weighted by molar-refractivity contribution is 8.02. The number of amides is 1. The van der Waals surface area contributed by atoms with E-state index in [2.05, 4.69) is 5.32 Å². The molecule has 1 amide bonds. The number of hydrogen-bond donors (Lipinski definition) is 1. The third-order valence-corrected chi connectivity index (χ3v) is 7.19. The maximum atomic E-state index is 12.1. The molecule has 1 aromatic carbocycles. The van der Waals surface area contributed by atoms with Crippen LogP contribution in [-0.2, 0) is 30.6 Å². The Kier molecular flexibility index (Phi) is 6.89. The molecule has 0 unspecified atom stereocenters. The number of benzene rings is 1. The summed E-state index contributed by atoms with van der Waals surface area (Å²) < 4.78 is 27.9. The van der Waals surface area contributed by atoms with Crippen LogP contribution in [0, 0.1) is 0 Å². The Morgan fingerprint density at radius 2 is 2.00 bits per heavy atom. The molecule has 2 rings (SSSR count). The van der Waals surface area contributed by atoms with Gasteiger partial charge in [-0.25, -0.2) is 8.42 Å². The minimum absolute atomic E-state index is 0.0446. The molecule has 1 saturated heterocycles. The quantitative estimate of drug-likeness (QED) is 0.723. The van der Waals surface area contributed by atoms with Crippen LogP contribution >= 0.6 is 11.8 Å². The number of anilines is 1. The van der Waals surface area contributed by atoms with Gasteiger partial charge in [-0.05, 0) is 37.5 Å². The first-order chi connectivity index (χ1) is 11.8. The SMILES string of the molecule is CCc1ccc(NC(=O)[C@H](C)OC(=O)CS[C@@H]2CCS(=O)(=O)C2)cc1. The van der Waals surface area contributed by atoms with Gasteiger partial charge in [0.05, 0.1) is 17.3 Å². The number of hydrogen-bond acceptors (Lipinski definition) is 6. The summed E-state index contributed by atoms with van der Waals surface area (Å²) in [7, 11) is -2.96. The van der Waals surface area contributed by atoms with Gasteiger partial charge in [0.25, 0.3) is 5.91 Å². The number of carbonyl (C=O) groups is 2. The van der Waals surface area contributed by atoms with Crippen molar-refractivity contribution in [3.63, 3.8) is 0 Å². The molecule has 2 atom stereocenters. The molecule has 1 heterocycles. The number of aryl methyl sites for hydroxylation is 1. The summed E-state index contributed by atoms with van der Waals surface area (Å²) in [5.41, 5.74) is 1.82. The minimum Gasteiger partial charge on any atom is -0.452 e. The zero-order valence-corrected chi connectivity index (χ0v) is 16.0. The number of rotatable bonds is 7. The molecule has 0 radical (unpaired) electrons. The first-order valence-electron chi connectivity index (χ1n) is 8.20. The van der Waals surface area contributed by atoms with Gasteiger partial charge in [-0.1, -0.05) is 19.1 Å². The largest absolute Gasteiger partial charge is 0.452 e. The molecule has 0 aromatic heterocycles. The van der Waals surface area contributed by atoms with Gasteiger partial charge >= 0.3 is 5.97 Å². The Labute approximate surface area is 152 Å². The predicted octanol–water partition coefficient (Wildman–Crippen LogP) is 2.04.